The maximum absolute atomic E-state index is 12.8. The van der Waals surface area contributed by atoms with E-state index in [9.17, 15) is 14.4 Å². The Morgan fingerprint density at radius 2 is 1.76 bits per heavy atom. The van der Waals surface area contributed by atoms with Crippen LogP contribution in [0.3, 0.4) is 0 Å². The summed E-state index contributed by atoms with van der Waals surface area (Å²) in [7, 11) is 3.09. The molecule has 1 unspecified atom stereocenters. The fourth-order valence-electron chi connectivity index (χ4n) is 3.37. The Morgan fingerprint density at radius 1 is 1.00 bits per heavy atom. The van der Waals surface area contributed by atoms with Crippen molar-refractivity contribution in [3.63, 3.8) is 0 Å². The minimum absolute atomic E-state index is 0.211. The van der Waals surface area contributed by atoms with E-state index in [1.165, 1.54) is 30.1 Å². The second-order valence-electron chi connectivity index (χ2n) is 7.23. The Morgan fingerprint density at radius 3 is 2.44 bits per heavy atom. The van der Waals surface area contributed by atoms with Gasteiger partial charge < -0.3 is 14.8 Å². The SMILES string of the molecule is COc1ccc(C2SCC(=O)N2NC(=O)c2ccc(NC(=O)c3ccccn3)cc2)cc1OC. The molecule has 0 bridgehead atoms. The molecular weight excluding hydrogens is 456 g/mol. The van der Waals surface area contributed by atoms with Gasteiger partial charge >= 0.3 is 0 Å². The molecule has 0 saturated carbocycles. The molecule has 0 aliphatic carbocycles. The zero-order valence-electron chi connectivity index (χ0n) is 18.5. The van der Waals surface area contributed by atoms with Crippen LogP contribution < -0.4 is 20.2 Å². The van der Waals surface area contributed by atoms with Gasteiger partial charge in [0.05, 0.1) is 20.0 Å². The first-order valence-corrected chi connectivity index (χ1v) is 11.3. The fourth-order valence-corrected chi connectivity index (χ4v) is 4.47. The Balaban J connectivity index is 1.45. The van der Waals surface area contributed by atoms with Crippen LogP contribution in [0.5, 0.6) is 11.5 Å². The molecule has 1 aromatic heterocycles. The van der Waals surface area contributed by atoms with Gasteiger partial charge in [-0.2, -0.15) is 0 Å². The van der Waals surface area contributed by atoms with Crippen LogP contribution in [-0.2, 0) is 4.79 Å². The average Bonchev–Trinajstić information content (AvgIpc) is 3.24. The molecule has 2 aromatic carbocycles. The minimum Gasteiger partial charge on any atom is -0.493 e. The van der Waals surface area contributed by atoms with Gasteiger partial charge in [-0.15, -0.1) is 11.8 Å². The second kappa shape index (κ2) is 10.3. The molecule has 0 radical (unpaired) electrons. The van der Waals surface area contributed by atoms with Crippen LogP contribution in [-0.4, -0.2) is 47.7 Å². The number of ether oxygens (including phenoxy) is 2. The highest BCUT2D eigenvalue weighted by molar-refractivity contribution is 8.00. The van der Waals surface area contributed by atoms with Crippen molar-refractivity contribution in [1.29, 1.82) is 0 Å². The zero-order chi connectivity index (χ0) is 24.1. The molecule has 34 heavy (non-hydrogen) atoms. The monoisotopic (exact) mass is 478 g/mol. The number of thioether (sulfide) groups is 1. The number of carbonyl (C=O) groups is 3. The van der Waals surface area contributed by atoms with Crippen molar-refractivity contribution in [3.8, 4) is 11.5 Å². The van der Waals surface area contributed by atoms with Crippen LogP contribution in [0.15, 0.2) is 66.9 Å². The number of rotatable bonds is 7. The number of nitrogens with one attached hydrogen (secondary N) is 2. The lowest BCUT2D eigenvalue weighted by Gasteiger charge is -2.25. The Labute approximate surface area is 200 Å². The first-order valence-electron chi connectivity index (χ1n) is 10.3. The topological polar surface area (TPSA) is 110 Å². The lowest BCUT2D eigenvalue weighted by Crippen LogP contribution is -2.44. The molecule has 174 valence electrons. The lowest BCUT2D eigenvalue weighted by molar-refractivity contribution is -0.130. The number of carbonyl (C=O) groups excluding carboxylic acids is 3. The first-order chi connectivity index (χ1) is 16.5. The molecule has 2 heterocycles. The van der Waals surface area contributed by atoms with E-state index in [0.717, 1.165) is 5.56 Å². The van der Waals surface area contributed by atoms with Crippen molar-refractivity contribution >= 4 is 35.2 Å². The number of hydrogen-bond donors (Lipinski definition) is 2. The summed E-state index contributed by atoms with van der Waals surface area (Å²) in [6.45, 7) is 0. The number of benzene rings is 2. The highest BCUT2D eigenvalue weighted by Crippen LogP contribution is 2.40. The van der Waals surface area contributed by atoms with Crippen molar-refractivity contribution in [3.05, 3.63) is 83.7 Å². The summed E-state index contributed by atoms with van der Waals surface area (Å²) in [5, 5.41) is 3.65. The molecule has 4 rings (SSSR count). The van der Waals surface area contributed by atoms with Gasteiger partial charge in [-0.05, 0) is 54.1 Å². The van der Waals surface area contributed by atoms with E-state index < -0.39 is 11.3 Å². The number of hydrazine groups is 1. The van der Waals surface area contributed by atoms with Gasteiger partial charge in [0.25, 0.3) is 17.7 Å². The van der Waals surface area contributed by atoms with Crippen LogP contribution in [0.4, 0.5) is 5.69 Å². The van der Waals surface area contributed by atoms with Crippen molar-refractivity contribution in [2.45, 2.75) is 5.37 Å². The van der Waals surface area contributed by atoms with Gasteiger partial charge in [-0.1, -0.05) is 12.1 Å². The molecule has 1 fully saturated rings. The van der Waals surface area contributed by atoms with E-state index in [0.29, 0.717) is 22.7 Å². The molecule has 1 aliphatic heterocycles. The summed E-state index contributed by atoms with van der Waals surface area (Å²) in [6.07, 6.45) is 1.54. The van der Waals surface area contributed by atoms with Gasteiger partial charge in [-0.25, -0.2) is 5.01 Å². The van der Waals surface area contributed by atoms with Crippen LogP contribution >= 0.6 is 11.8 Å². The van der Waals surface area contributed by atoms with Gasteiger partial charge in [0, 0.05) is 17.4 Å². The Kier molecular flexibility index (Phi) is 6.98. The lowest BCUT2D eigenvalue weighted by atomic mass is 10.2. The van der Waals surface area contributed by atoms with Crippen LogP contribution in [0.25, 0.3) is 0 Å². The van der Waals surface area contributed by atoms with E-state index in [-0.39, 0.29) is 23.3 Å². The quantitative estimate of drug-likeness (QED) is 0.536. The number of hydrogen-bond acceptors (Lipinski definition) is 7. The van der Waals surface area contributed by atoms with Crippen LogP contribution in [0.1, 0.15) is 31.8 Å². The second-order valence-corrected chi connectivity index (χ2v) is 8.30. The van der Waals surface area contributed by atoms with Crippen molar-refractivity contribution in [2.75, 3.05) is 25.3 Å². The Bertz CT molecular complexity index is 1200. The molecular formula is C24H22N4O5S. The van der Waals surface area contributed by atoms with Crippen molar-refractivity contribution in [2.24, 2.45) is 0 Å². The fraction of sp³-hybridized carbons (Fsp3) is 0.167. The number of amides is 3. The predicted octanol–water partition coefficient (Wildman–Crippen LogP) is 3.27. The molecule has 1 saturated heterocycles. The maximum Gasteiger partial charge on any atom is 0.274 e. The highest BCUT2D eigenvalue weighted by atomic mass is 32.2. The van der Waals surface area contributed by atoms with E-state index in [4.69, 9.17) is 9.47 Å². The number of anilines is 1. The third-order valence-corrected chi connectivity index (χ3v) is 6.30. The van der Waals surface area contributed by atoms with E-state index in [1.807, 2.05) is 6.07 Å². The van der Waals surface area contributed by atoms with Gasteiger partial charge in [0.15, 0.2) is 11.5 Å². The maximum atomic E-state index is 12.8. The van der Waals surface area contributed by atoms with Gasteiger partial charge in [0.1, 0.15) is 11.1 Å². The van der Waals surface area contributed by atoms with Crippen molar-refractivity contribution in [1.82, 2.24) is 15.4 Å². The standard InChI is InChI=1S/C24H22N4O5S/c1-32-19-11-8-16(13-20(19)33-2)24-28(21(29)14-34-24)27-22(30)15-6-9-17(10-7-15)26-23(31)18-5-3-4-12-25-18/h3-13,24H,14H2,1-2H3,(H,26,31)(H,27,30). The third kappa shape index (κ3) is 4.96. The van der Waals surface area contributed by atoms with Crippen LogP contribution in [0.2, 0.25) is 0 Å². The number of aromatic nitrogens is 1. The normalized spacial score (nSPS) is 15.1. The number of nitrogens with zero attached hydrogens (tertiary/aromatic N) is 2. The zero-order valence-corrected chi connectivity index (χ0v) is 19.3. The summed E-state index contributed by atoms with van der Waals surface area (Å²) in [4.78, 5) is 41.6. The third-order valence-electron chi connectivity index (χ3n) is 5.09. The molecule has 1 atom stereocenters. The van der Waals surface area contributed by atoms with E-state index >= 15 is 0 Å². The van der Waals surface area contributed by atoms with Crippen LogP contribution in [0, 0.1) is 0 Å². The molecule has 1 aliphatic rings. The predicted molar refractivity (Wildman–Crippen MR) is 128 cm³/mol. The van der Waals surface area contributed by atoms with Gasteiger partial charge in [-0.3, -0.25) is 24.8 Å². The number of pyridine rings is 1. The first kappa shape index (κ1) is 23.1. The summed E-state index contributed by atoms with van der Waals surface area (Å²) in [5.74, 6) is 0.343. The number of methoxy groups -OCH3 is 2. The highest BCUT2D eigenvalue weighted by Gasteiger charge is 2.35. The molecule has 3 amide bonds. The van der Waals surface area contributed by atoms with E-state index in [1.54, 1.807) is 61.7 Å². The summed E-state index contributed by atoms with van der Waals surface area (Å²) >= 11 is 1.40. The summed E-state index contributed by atoms with van der Waals surface area (Å²) in [6, 6.07) is 16.8. The van der Waals surface area contributed by atoms with Crippen molar-refractivity contribution < 1.29 is 23.9 Å². The molecule has 3 aromatic rings. The largest absolute Gasteiger partial charge is 0.493 e. The molecule has 2 N–H and O–H groups in total. The van der Waals surface area contributed by atoms with E-state index in [2.05, 4.69) is 15.7 Å². The Hall–Kier alpha value is -4.05. The molecule has 10 heteroatoms. The molecule has 9 nitrogen and oxygen atoms in total. The van der Waals surface area contributed by atoms with Gasteiger partial charge in [0.2, 0.25) is 0 Å². The smallest absolute Gasteiger partial charge is 0.274 e. The summed E-state index contributed by atoms with van der Waals surface area (Å²) < 4.78 is 10.6. The average molecular weight is 479 g/mol. The molecule has 0 spiro atoms. The summed E-state index contributed by atoms with van der Waals surface area (Å²) in [5.41, 5.74) is 4.64. The minimum atomic E-state index is -0.441.